The van der Waals surface area contributed by atoms with E-state index in [1.807, 2.05) is 0 Å². The SMILES string of the molecule is O=C1C=C(O)c2cccc3c(O)cc(O)c1c23. The summed E-state index contributed by atoms with van der Waals surface area (Å²) < 4.78 is 0. The highest BCUT2D eigenvalue weighted by atomic mass is 16.3. The number of aliphatic hydroxyl groups is 1. The molecule has 2 aromatic carbocycles. The number of phenols is 2. The fourth-order valence-corrected chi connectivity index (χ4v) is 2.18. The maximum absolute atomic E-state index is 11.7. The highest BCUT2D eigenvalue weighted by molar-refractivity contribution is 6.23. The van der Waals surface area contributed by atoms with E-state index >= 15 is 0 Å². The van der Waals surface area contributed by atoms with Crippen molar-refractivity contribution in [2.45, 2.75) is 0 Å². The van der Waals surface area contributed by atoms with Crippen LogP contribution in [0.5, 0.6) is 11.5 Å². The van der Waals surface area contributed by atoms with Crippen LogP contribution in [0.25, 0.3) is 16.5 Å². The summed E-state index contributed by atoms with van der Waals surface area (Å²) in [5, 5.41) is 30.0. The van der Waals surface area contributed by atoms with Gasteiger partial charge >= 0.3 is 0 Å². The van der Waals surface area contributed by atoms with Gasteiger partial charge in [0.1, 0.15) is 17.3 Å². The van der Waals surface area contributed by atoms with Gasteiger partial charge in [-0.1, -0.05) is 18.2 Å². The lowest BCUT2D eigenvalue weighted by Gasteiger charge is -2.16. The second kappa shape index (κ2) is 3.01. The molecule has 84 valence electrons. The molecule has 0 unspecified atom stereocenters. The number of benzene rings is 2. The van der Waals surface area contributed by atoms with Crippen LogP contribution < -0.4 is 0 Å². The highest BCUT2D eigenvalue weighted by Crippen LogP contribution is 2.40. The third-order valence-electron chi connectivity index (χ3n) is 2.91. The second-order valence-electron chi connectivity index (χ2n) is 3.91. The van der Waals surface area contributed by atoms with Crippen LogP contribution in [-0.4, -0.2) is 21.1 Å². The molecule has 0 fully saturated rings. The molecule has 0 radical (unpaired) electrons. The standard InChI is InChI=1S/C13H8O4/c14-8-4-10(16)13-11(17)5-9(15)7-3-1-2-6(8)12(7)13/h1-5,14-16H. The molecule has 17 heavy (non-hydrogen) atoms. The van der Waals surface area contributed by atoms with Gasteiger partial charge < -0.3 is 15.3 Å². The first-order valence-electron chi connectivity index (χ1n) is 5.02. The van der Waals surface area contributed by atoms with E-state index in [4.69, 9.17) is 0 Å². The van der Waals surface area contributed by atoms with E-state index in [1.165, 1.54) is 0 Å². The summed E-state index contributed by atoms with van der Waals surface area (Å²) in [5.41, 5.74) is 0.550. The van der Waals surface area contributed by atoms with Crippen molar-refractivity contribution < 1.29 is 20.1 Å². The van der Waals surface area contributed by atoms with E-state index in [0.29, 0.717) is 16.3 Å². The molecule has 4 nitrogen and oxygen atoms in total. The molecule has 1 aliphatic carbocycles. The molecule has 0 amide bonds. The lowest BCUT2D eigenvalue weighted by atomic mass is 9.90. The second-order valence-corrected chi connectivity index (χ2v) is 3.91. The molecule has 0 saturated heterocycles. The predicted molar refractivity (Wildman–Crippen MR) is 62.2 cm³/mol. The molecule has 0 bridgehead atoms. The number of hydrogen-bond acceptors (Lipinski definition) is 4. The number of phenolic OH excluding ortho intramolecular Hbond substituents is 2. The first-order valence-corrected chi connectivity index (χ1v) is 5.02. The Labute approximate surface area is 96.1 Å². The minimum atomic E-state index is -0.469. The minimum absolute atomic E-state index is 0.117. The Kier molecular flexibility index (Phi) is 1.72. The quantitative estimate of drug-likeness (QED) is 0.646. The fraction of sp³-hybridized carbons (Fsp3) is 0. The number of aliphatic hydroxyl groups excluding tert-OH is 1. The molecule has 0 aliphatic heterocycles. The summed E-state index contributed by atoms with van der Waals surface area (Å²) in [5.74, 6) is -1.02. The van der Waals surface area contributed by atoms with Crippen LogP contribution in [0.15, 0.2) is 30.3 Å². The zero-order chi connectivity index (χ0) is 12.2. The minimum Gasteiger partial charge on any atom is -0.507 e. The van der Waals surface area contributed by atoms with Crippen LogP contribution in [0.3, 0.4) is 0 Å². The van der Waals surface area contributed by atoms with E-state index in [9.17, 15) is 20.1 Å². The topological polar surface area (TPSA) is 77.8 Å². The van der Waals surface area contributed by atoms with Crippen LogP contribution in [0.2, 0.25) is 0 Å². The summed E-state index contributed by atoms with van der Waals surface area (Å²) in [6.45, 7) is 0. The van der Waals surface area contributed by atoms with Gasteiger partial charge in [0, 0.05) is 28.5 Å². The molecule has 1 aliphatic rings. The smallest absolute Gasteiger partial charge is 0.193 e. The zero-order valence-electron chi connectivity index (χ0n) is 8.64. The average molecular weight is 228 g/mol. The third-order valence-corrected chi connectivity index (χ3v) is 2.91. The first kappa shape index (κ1) is 9.72. The Morgan fingerprint density at radius 1 is 1.00 bits per heavy atom. The van der Waals surface area contributed by atoms with Crippen molar-refractivity contribution in [1.82, 2.24) is 0 Å². The monoisotopic (exact) mass is 228 g/mol. The van der Waals surface area contributed by atoms with Crippen LogP contribution in [0.1, 0.15) is 15.9 Å². The lowest BCUT2D eigenvalue weighted by Crippen LogP contribution is -2.05. The maximum Gasteiger partial charge on any atom is 0.193 e. The number of rotatable bonds is 0. The summed E-state index contributed by atoms with van der Waals surface area (Å²) in [4.78, 5) is 11.7. The van der Waals surface area contributed by atoms with Gasteiger partial charge in [0.25, 0.3) is 0 Å². The van der Waals surface area contributed by atoms with Gasteiger partial charge in [-0.25, -0.2) is 0 Å². The van der Waals surface area contributed by atoms with Gasteiger partial charge in [-0.15, -0.1) is 0 Å². The van der Waals surface area contributed by atoms with Crippen molar-refractivity contribution in [3.63, 3.8) is 0 Å². The van der Waals surface area contributed by atoms with Crippen molar-refractivity contribution in [2.24, 2.45) is 0 Å². The number of aromatic hydroxyl groups is 2. The molecule has 0 heterocycles. The van der Waals surface area contributed by atoms with Gasteiger partial charge in [0.2, 0.25) is 0 Å². The molecule has 0 saturated carbocycles. The Morgan fingerprint density at radius 2 is 1.76 bits per heavy atom. The van der Waals surface area contributed by atoms with Crippen molar-refractivity contribution in [3.05, 3.63) is 41.5 Å². The van der Waals surface area contributed by atoms with Gasteiger partial charge in [0.15, 0.2) is 5.78 Å². The van der Waals surface area contributed by atoms with E-state index in [-0.39, 0.29) is 22.8 Å². The normalized spacial score (nSPS) is 13.9. The summed E-state index contributed by atoms with van der Waals surface area (Å²) in [6, 6.07) is 6.06. The number of carbonyl (C=O) groups is 1. The molecule has 4 heteroatoms. The third kappa shape index (κ3) is 1.15. The van der Waals surface area contributed by atoms with Crippen LogP contribution in [-0.2, 0) is 0 Å². The number of hydrogen-bond donors (Lipinski definition) is 3. The number of ketones is 1. The fourth-order valence-electron chi connectivity index (χ4n) is 2.18. The summed E-state index contributed by atoms with van der Waals surface area (Å²) >= 11 is 0. The van der Waals surface area contributed by atoms with Crippen molar-refractivity contribution in [3.8, 4) is 11.5 Å². The summed E-state index contributed by atoms with van der Waals surface area (Å²) in [7, 11) is 0. The summed E-state index contributed by atoms with van der Waals surface area (Å²) in [6.07, 6.45) is 1.06. The number of allylic oxidation sites excluding steroid dienone is 1. The Balaban J connectivity index is 2.62. The molecule has 2 aromatic rings. The van der Waals surface area contributed by atoms with Gasteiger partial charge in [0.05, 0.1) is 5.56 Å². The largest absolute Gasteiger partial charge is 0.507 e. The molecule has 0 atom stereocenters. The van der Waals surface area contributed by atoms with Crippen LogP contribution in [0.4, 0.5) is 0 Å². The number of carbonyl (C=O) groups excluding carboxylic acids is 1. The predicted octanol–water partition coefficient (Wildman–Crippen LogP) is 2.35. The van der Waals surface area contributed by atoms with Crippen molar-refractivity contribution in [2.75, 3.05) is 0 Å². The Morgan fingerprint density at radius 3 is 2.53 bits per heavy atom. The highest BCUT2D eigenvalue weighted by Gasteiger charge is 2.24. The van der Waals surface area contributed by atoms with Crippen molar-refractivity contribution in [1.29, 1.82) is 0 Å². The van der Waals surface area contributed by atoms with Gasteiger partial charge in [-0.3, -0.25) is 4.79 Å². The zero-order valence-corrected chi connectivity index (χ0v) is 8.64. The average Bonchev–Trinajstić information content (AvgIpc) is 2.27. The Bertz CT molecular complexity index is 698. The molecular weight excluding hydrogens is 220 g/mol. The molecular formula is C13H8O4. The molecule has 0 aromatic heterocycles. The van der Waals surface area contributed by atoms with Crippen LogP contribution >= 0.6 is 0 Å². The van der Waals surface area contributed by atoms with E-state index < -0.39 is 5.78 Å². The first-order chi connectivity index (χ1) is 8.09. The Hall–Kier alpha value is -2.49. The van der Waals surface area contributed by atoms with E-state index in [2.05, 4.69) is 0 Å². The van der Waals surface area contributed by atoms with E-state index in [0.717, 1.165) is 12.1 Å². The van der Waals surface area contributed by atoms with E-state index in [1.54, 1.807) is 18.2 Å². The van der Waals surface area contributed by atoms with Gasteiger partial charge in [-0.2, -0.15) is 0 Å². The van der Waals surface area contributed by atoms with Crippen LogP contribution in [0, 0.1) is 0 Å². The molecule has 3 N–H and O–H groups in total. The lowest BCUT2D eigenvalue weighted by molar-refractivity contribution is 0.104. The molecule has 3 rings (SSSR count). The molecule has 0 spiro atoms. The van der Waals surface area contributed by atoms with Gasteiger partial charge in [-0.05, 0) is 0 Å². The maximum atomic E-state index is 11.7. The van der Waals surface area contributed by atoms with Crippen molar-refractivity contribution >= 4 is 22.3 Å².